The van der Waals surface area contributed by atoms with Gasteiger partial charge < -0.3 is 9.84 Å². The summed E-state index contributed by atoms with van der Waals surface area (Å²) in [7, 11) is 0. The predicted octanol–water partition coefficient (Wildman–Crippen LogP) is 1.18. The average molecular weight is 168 g/mol. The standard InChI is InChI=1S/C10H16O2/c1-10-7-4-2-3-6(7)9(10)8(11)5-12-10/h6-9,11H,2-5H2,1H3/t6-,7+,8+,9+,10+/m1/s1. The highest BCUT2D eigenvalue weighted by Gasteiger charge is 2.66. The van der Waals surface area contributed by atoms with Crippen molar-refractivity contribution in [3.8, 4) is 0 Å². The maximum absolute atomic E-state index is 9.71. The lowest BCUT2D eigenvalue weighted by Gasteiger charge is -2.53. The molecular formula is C10H16O2. The fraction of sp³-hybridized carbons (Fsp3) is 1.00. The maximum Gasteiger partial charge on any atom is 0.0832 e. The summed E-state index contributed by atoms with van der Waals surface area (Å²) in [6.45, 7) is 2.77. The Labute approximate surface area is 72.9 Å². The summed E-state index contributed by atoms with van der Waals surface area (Å²) >= 11 is 0. The third kappa shape index (κ3) is 0.612. The molecule has 0 spiro atoms. The van der Waals surface area contributed by atoms with Crippen molar-refractivity contribution in [3.63, 3.8) is 0 Å². The first kappa shape index (κ1) is 7.34. The molecular weight excluding hydrogens is 152 g/mol. The lowest BCUT2D eigenvalue weighted by molar-refractivity contribution is -0.159. The molecule has 3 aliphatic rings. The first-order valence-electron chi connectivity index (χ1n) is 5.05. The number of aliphatic hydroxyl groups excluding tert-OH is 1. The van der Waals surface area contributed by atoms with Crippen LogP contribution < -0.4 is 0 Å². The second-order valence-corrected chi connectivity index (χ2v) is 4.79. The smallest absolute Gasteiger partial charge is 0.0832 e. The van der Waals surface area contributed by atoms with E-state index < -0.39 is 0 Å². The van der Waals surface area contributed by atoms with Crippen LogP contribution in [0, 0.1) is 17.8 Å². The van der Waals surface area contributed by atoms with Crippen molar-refractivity contribution in [2.45, 2.75) is 37.9 Å². The highest BCUT2D eigenvalue weighted by molar-refractivity contribution is 5.14. The molecule has 68 valence electrons. The van der Waals surface area contributed by atoms with E-state index in [1.165, 1.54) is 19.3 Å². The molecule has 2 nitrogen and oxygen atoms in total. The predicted molar refractivity (Wildman–Crippen MR) is 44.7 cm³/mol. The number of hydrogen-bond donors (Lipinski definition) is 1. The molecule has 3 fully saturated rings. The third-order valence-corrected chi connectivity index (χ3v) is 4.41. The number of aliphatic hydroxyl groups is 1. The quantitative estimate of drug-likeness (QED) is 0.588. The van der Waals surface area contributed by atoms with Gasteiger partial charge in [0, 0.05) is 5.92 Å². The van der Waals surface area contributed by atoms with Gasteiger partial charge in [0.15, 0.2) is 0 Å². The fourth-order valence-corrected chi connectivity index (χ4v) is 3.92. The zero-order valence-electron chi connectivity index (χ0n) is 7.49. The van der Waals surface area contributed by atoms with Crippen molar-refractivity contribution >= 4 is 0 Å². The number of hydrogen-bond acceptors (Lipinski definition) is 2. The topological polar surface area (TPSA) is 29.5 Å². The van der Waals surface area contributed by atoms with Gasteiger partial charge in [-0.15, -0.1) is 0 Å². The number of ether oxygens (including phenoxy) is 1. The monoisotopic (exact) mass is 168 g/mol. The fourth-order valence-electron chi connectivity index (χ4n) is 3.92. The highest BCUT2D eigenvalue weighted by Crippen LogP contribution is 2.62. The van der Waals surface area contributed by atoms with Crippen molar-refractivity contribution < 1.29 is 9.84 Å². The van der Waals surface area contributed by atoms with Gasteiger partial charge in [0.1, 0.15) is 0 Å². The Morgan fingerprint density at radius 1 is 1.42 bits per heavy atom. The molecule has 1 saturated heterocycles. The van der Waals surface area contributed by atoms with E-state index in [-0.39, 0.29) is 11.7 Å². The van der Waals surface area contributed by atoms with Crippen LogP contribution in [0.3, 0.4) is 0 Å². The van der Waals surface area contributed by atoms with E-state index in [4.69, 9.17) is 4.74 Å². The molecule has 0 aromatic rings. The SMILES string of the molecule is C[C@@]12OC[C@H](O)[C@@H]1[C@@H]1CCC[C@@H]12. The molecule has 0 amide bonds. The van der Waals surface area contributed by atoms with Crippen LogP contribution in [-0.4, -0.2) is 23.4 Å². The molecule has 1 aliphatic heterocycles. The Hall–Kier alpha value is -0.0800. The second kappa shape index (κ2) is 2.05. The first-order valence-corrected chi connectivity index (χ1v) is 5.05. The lowest BCUT2D eigenvalue weighted by atomic mass is 9.55. The zero-order chi connectivity index (χ0) is 8.34. The van der Waals surface area contributed by atoms with Crippen LogP contribution in [0.4, 0.5) is 0 Å². The molecule has 0 aromatic carbocycles. The van der Waals surface area contributed by atoms with Gasteiger partial charge in [-0.05, 0) is 31.6 Å². The third-order valence-electron chi connectivity index (χ3n) is 4.41. The van der Waals surface area contributed by atoms with Crippen LogP contribution >= 0.6 is 0 Å². The Kier molecular flexibility index (Phi) is 1.25. The molecule has 12 heavy (non-hydrogen) atoms. The van der Waals surface area contributed by atoms with Crippen LogP contribution in [0.2, 0.25) is 0 Å². The van der Waals surface area contributed by atoms with E-state index in [9.17, 15) is 5.11 Å². The minimum atomic E-state index is -0.172. The van der Waals surface area contributed by atoms with E-state index >= 15 is 0 Å². The molecule has 0 radical (unpaired) electrons. The number of rotatable bonds is 0. The lowest BCUT2D eigenvalue weighted by Crippen LogP contribution is -2.58. The Morgan fingerprint density at radius 2 is 2.25 bits per heavy atom. The van der Waals surface area contributed by atoms with E-state index in [0.29, 0.717) is 12.5 Å². The van der Waals surface area contributed by atoms with Gasteiger partial charge in [-0.3, -0.25) is 0 Å². The summed E-state index contributed by atoms with van der Waals surface area (Å²) in [5.41, 5.74) is 0.0561. The first-order chi connectivity index (χ1) is 5.73. The molecule has 1 N–H and O–H groups in total. The van der Waals surface area contributed by atoms with E-state index in [1.54, 1.807) is 0 Å². The molecule has 2 saturated carbocycles. The van der Waals surface area contributed by atoms with Gasteiger partial charge in [0.2, 0.25) is 0 Å². The molecule has 0 bridgehead atoms. The van der Waals surface area contributed by atoms with Gasteiger partial charge in [-0.25, -0.2) is 0 Å². The van der Waals surface area contributed by atoms with Gasteiger partial charge in [-0.2, -0.15) is 0 Å². The van der Waals surface area contributed by atoms with E-state index in [2.05, 4.69) is 6.92 Å². The van der Waals surface area contributed by atoms with E-state index in [1.807, 2.05) is 0 Å². The van der Waals surface area contributed by atoms with Crippen molar-refractivity contribution in [3.05, 3.63) is 0 Å². The normalized spacial score (nSPS) is 62.5. The summed E-state index contributed by atoms with van der Waals surface area (Å²) in [4.78, 5) is 0. The average Bonchev–Trinajstić information content (AvgIpc) is 2.53. The summed E-state index contributed by atoms with van der Waals surface area (Å²) in [5.74, 6) is 2.01. The van der Waals surface area contributed by atoms with Gasteiger partial charge in [-0.1, -0.05) is 6.42 Å². The summed E-state index contributed by atoms with van der Waals surface area (Å²) in [5, 5.41) is 9.71. The Morgan fingerprint density at radius 3 is 3.08 bits per heavy atom. The van der Waals surface area contributed by atoms with Crippen LogP contribution in [0.15, 0.2) is 0 Å². The minimum Gasteiger partial charge on any atom is -0.390 e. The minimum absolute atomic E-state index is 0.0561. The Bertz CT molecular complexity index is 216. The van der Waals surface area contributed by atoms with Crippen molar-refractivity contribution in [1.82, 2.24) is 0 Å². The van der Waals surface area contributed by atoms with Gasteiger partial charge >= 0.3 is 0 Å². The van der Waals surface area contributed by atoms with Gasteiger partial charge in [0.05, 0.1) is 18.3 Å². The van der Waals surface area contributed by atoms with Crippen LogP contribution in [0.25, 0.3) is 0 Å². The molecule has 3 rings (SSSR count). The highest BCUT2D eigenvalue weighted by atomic mass is 16.5. The summed E-state index contributed by atoms with van der Waals surface area (Å²) in [6, 6.07) is 0. The van der Waals surface area contributed by atoms with Gasteiger partial charge in [0.25, 0.3) is 0 Å². The zero-order valence-corrected chi connectivity index (χ0v) is 7.49. The largest absolute Gasteiger partial charge is 0.390 e. The van der Waals surface area contributed by atoms with Crippen LogP contribution in [-0.2, 0) is 4.74 Å². The molecule has 2 heteroatoms. The molecule has 1 heterocycles. The second-order valence-electron chi connectivity index (χ2n) is 4.79. The van der Waals surface area contributed by atoms with Crippen LogP contribution in [0.1, 0.15) is 26.2 Å². The summed E-state index contributed by atoms with van der Waals surface area (Å²) < 4.78 is 5.72. The van der Waals surface area contributed by atoms with Crippen molar-refractivity contribution in [1.29, 1.82) is 0 Å². The molecule has 5 atom stereocenters. The van der Waals surface area contributed by atoms with E-state index in [0.717, 1.165) is 11.8 Å². The molecule has 2 aliphatic carbocycles. The van der Waals surface area contributed by atoms with Crippen molar-refractivity contribution in [2.75, 3.05) is 6.61 Å². The maximum atomic E-state index is 9.71. The molecule has 0 aromatic heterocycles. The summed E-state index contributed by atoms with van der Waals surface area (Å²) in [6.07, 6.45) is 3.82. The number of fused-ring (bicyclic) bond motifs is 4. The molecule has 0 unspecified atom stereocenters. The Balaban J connectivity index is 1.92. The van der Waals surface area contributed by atoms with Crippen LogP contribution in [0.5, 0.6) is 0 Å². The van der Waals surface area contributed by atoms with Crippen molar-refractivity contribution in [2.24, 2.45) is 17.8 Å².